The van der Waals surface area contributed by atoms with Crippen LogP contribution in [0.25, 0.3) is 27.7 Å². The number of hydrogen-bond acceptors (Lipinski definition) is 6. The summed E-state index contributed by atoms with van der Waals surface area (Å²) in [6, 6.07) is 15.0. The van der Waals surface area contributed by atoms with Crippen molar-refractivity contribution < 1.29 is 4.42 Å². The normalized spacial score (nSPS) is 11.6. The predicted molar refractivity (Wildman–Crippen MR) is 105 cm³/mol. The lowest BCUT2D eigenvalue weighted by Gasteiger charge is -2.06. The molecule has 0 spiro atoms. The standard InChI is InChI=1S/C20H14N4O2S/c1-12-5-4-8-16-23-13(9-17(25)24(12)16)10-27-20-19-18(21-11-22-20)14-6-2-3-7-15(14)26-19/h2-9,11H,10H2,1H3. The third kappa shape index (κ3) is 2.67. The van der Waals surface area contributed by atoms with Crippen LogP contribution in [0.2, 0.25) is 0 Å². The number of thioether (sulfide) groups is 1. The van der Waals surface area contributed by atoms with Gasteiger partial charge in [-0.05, 0) is 31.2 Å². The monoisotopic (exact) mass is 374 g/mol. The van der Waals surface area contributed by atoms with E-state index >= 15 is 0 Å². The maximum atomic E-state index is 12.4. The Hall–Kier alpha value is -3.19. The molecule has 0 aliphatic carbocycles. The Morgan fingerprint density at radius 2 is 2.00 bits per heavy atom. The highest BCUT2D eigenvalue weighted by atomic mass is 32.2. The second-order valence-corrected chi connectivity index (χ2v) is 7.15. The van der Waals surface area contributed by atoms with Crippen molar-refractivity contribution in [3.05, 3.63) is 76.6 Å². The number of nitrogens with zero attached hydrogens (tertiary/aromatic N) is 4. The predicted octanol–water partition coefficient (Wildman–Crippen LogP) is 3.98. The minimum absolute atomic E-state index is 0.0785. The summed E-state index contributed by atoms with van der Waals surface area (Å²) in [4.78, 5) is 25.8. The highest BCUT2D eigenvalue weighted by molar-refractivity contribution is 7.98. The molecule has 6 nitrogen and oxygen atoms in total. The lowest BCUT2D eigenvalue weighted by molar-refractivity contribution is 0.653. The molecular weight excluding hydrogens is 360 g/mol. The van der Waals surface area contributed by atoms with Gasteiger partial charge in [0, 0.05) is 22.9 Å². The molecule has 0 amide bonds. The van der Waals surface area contributed by atoms with Gasteiger partial charge in [-0.15, -0.1) is 0 Å². The second-order valence-electron chi connectivity index (χ2n) is 6.19. The number of rotatable bonds is 3. The zero-order valence-corrected chi connectivity index (χ0v) is 15.2. The fourth-order valence-electron chi connectivity index (χ4n) is 3.19. The molecule has 0 unspecified atom stereocenters. The zero-order valence-electron chi connectivity index (χ0n) is 14.4. The van der Waals surface area contributed by atoms with Crippen molar-refractivity contribution in [1.82, 2.24) is 19.4 Å². The number of para-hydroxylation sites is 1. The van der Waals surface area contributed by atoms with Gasteiger partial charge < -0.3 is 4.42 Å². The molecule has 5 rings (SSSR count). The summed E-state index contributed by atoms with van der Waals surface area (Å²) in [6.07, 6.45) is 1.54. The molecule has 4 heterocycles. The number of pyridine rings is 1. The van der Waals surface area contributed by atoms with Crippen LogP contribution < -0.4 is 5.56 Å². The topological polar surface area (TPSA) is 73.3 Å². The average Bonchev–Trinajstić information content (AvgIpc) is 3.05. The lowest BCUT2D eigenvalue weighted by atomic mass is 10.2. The molecule has 7 heteroatoms. The minimum Gasteiger partial charge on any atom is -0.451 e. The van der Waals surface area contributed by atoms with E-state index in [0.717, 1.165) is 27.2 Å². The van der Waals surface area contributed by atoms with Gasteiger partial charge in [-0.2, -0.15) is 0 Å². The molecule has 0 atom stereocenters. The molecule has 0 bridgehead atoms. The van der Waals surface area contributed by atoms with Gasteiger partial charge in [0.2, 0.25) is 0 Å². The van der Waals surface area contributed by atoms with Gasteiger partial charge in [-0.25, -0.2) is 15.0 Å². The first-order valence-electron chi connectivity index (χ1n) is 8.44. The molecule has 0 N–H and O–H groups in total. The van der Waals surface area contributed by atoms with Crippen LogP contribution >= 0.6 is 11.8 Å². The summed E-state index contributed by atoms with van der Waals surface area (Å²) in [5.74, 6) is 0.517. The van der Waals surface area contributed by atoms with Gasteiger partial charge in [-0.3, -0.25) is 9.20 Å². The van der Waals surface area contributed by atoms with Gasteiger partial charge in [0.1, 0.15) is 28.1 Å². The molecule has 0 radical (unpaired) electrons. The number of aryl methyl sites for hydroxylation is 1. The van der Waals surface area contributed by atoms with Crippen molar-refractivity contribution in [3.8, 4) is 0 Å². The van der Waals surface area contributed by atoms with Crippen molar-refractivity contribution in [2.24, 2.45) is 0 Å². The third-order valence-electron chi connectivity index (χ3n) is 4.42. The molecule has 0 saturated heterocycles. The molecule has 1 aromatic carbocycles. The Morgan fingerprint density at radius 3 is 2.93 bits per heavy atom. The number of furan rings is 1. The first kappa shape index (κ1) is 16.0. The van der Waals surface area contributed by atoms with E-state index in [0.29, 0.717) is 22.7 Å². The van der Waals surface area contributed by atoms with Gasteiger partial charge in [0.25, 0.3) is 5.56 Å². The number of benzene rings is 1. The first-order valence-corrected chi connectivity index (χ1v) is 9.42. The van der Waals surface area contributed by atoms with Gasteiger partial charge in [-0.1, -0.05) is 30.0 Å². The average molecular weight is 374 g/mol. The SMILES string of the molecule is Cc1cccc2nc(CSc3ncnc4c3oc3ccccc34)cc(=O)n12. The van der Waals surface area contributed by atoms with Crippen LogP contribution in [0.3, 0.4) is 0 Å². The maximum Gasteiger partial charge on any atom is 0.258 e. The van der Waals surface area contributed by atoms with Crippen LogP contribution in [0, 0.1) is 6.92 Å². The zero-order chi connectivity index (χ0) is 18.4. The molecule has 132 valence electrons. The van der Waals surface area contributed by atoms with Crippen molar-refractivity contribution in [2.45, 2.75) is 17.7 Å². The van der Waals surface area contributed by atoms with E-state index in [-0.39, 0.29) is 5.56 Å². The molecule has 4 aromatic heterocycles. The second kappa shape index (κ2) is 6.21. The Kier molecular flexibility index (Phi) is 3.68. The van der Waals surface area contributed by atoms with Gasteiger partial charge >= 0.3 is 0 Å². The molecule has 5 aromatic rings. The van der Waals surface area contributed by atoms with Crippen LogP contribution in [0.5, 0.6) is 0 Å². The summed E-state index contributed by atoms with van der Waals surface area (Å²) in [6.45, 7) is 1.89. The van der Waals surface area contributed by atoms with Crippen molar-refractivity contribution in [1.29, 1.82) is 0 Å². The van der Waals surface area contributed by atoms with Crippen LogP contribution in [0.15, 0.2) is 69.1 Å². The minimum atomic E-state index is -0.0785. The number of hydrogen-bond donors (Lipinski definition) is 0. The van der Waals surface area contributed by atoms with Crippen LogP contribution in [-0.2, 0) is 5.75 Å². The van der Waals surface area contributed by atoms with Crippen molar-refractivity contribution in [3.63, 3.8) is 0 Å². The summed E-state index contributed by atoms with van der Waals surface area (Å²) in [5.41, 5.74) is 4.39. The van der Waals surface area contributed by atoms with E-state index in [1.54, 1.807) is 16.8 Å². The fraction of sp³-hybridized carbons (Fsp3) is 0.100. The molecule has 0 fully saturated rings. The number of fused-ring (bicyclic) bond motifs is 4. The van der Waals surface area contributed by atoms with Crippen molar-refractivity contribution >= 4 is 39.5 Å². The Morgan fingerprint density at radius 1 is 1.11 bits per heavy atom. The Balaban J connectivity index is 1.53. The van der Waals surface area contributed by atoms with E-state index in [1.807, 2.05) is 49.4 Å². The van der Waals surface area contributed by atoms with E-state index in [1.165, 1.54) is 11.8 Å². The lowest BCUT2D eigenvalue weighted by Crippen LogP contribution is -2.17. The molecule has 0 aliphatic rings. The molecule has 0 saturated carbocycles. The molecule has 27 heavy (non-hydrogen) atoms. The maximum absolute atomic E-state index is 12.4. The van der Waals surface area contributed by atoms with Crippen LogP contribution in [-0.4, -0.2) is 19.4 Å². The summed E-state index contributed by atoms with van der Waals surface area (Å²) in [5, 5.41) is 1.71. The summed E-state index contributed by atoms with van der Waals surface area (Å²) >= 11 is 1.48. The fourth-order valence-corrected chi connectivity index (χ4v) is 4.01. The van der Waals surface area contributed by atoms with Gasteiger partial charge in [0.15, 0.2) is 5.58 Å². The summed E-state index contributed by atoms with van der Waals surface area (Å²) < 4.78 is 7.56. The molecular formula is C20H14N4O2S. The van der Waals surface area contributed by atoms with Crippen LogP contribution in [0.1, 0.15) is 11.4 Å². The van der Waals surface area contributed by atoms with Crippen molar-refractivity contribution in [2.75, 3.05) is 0 Å². The Bertz CT molecular complexity index is 1370. The van der Waals surface area contributed by atoms with Gasteiger partial charge in [0.05, 0.1) is 5.69 Å². The van der Waals surface area contributed by atoms with E-state index < -0.39 is 0 Å². The molecule has 0 aliphatic heterocycles. The quantitative estimate of drug-likeness (QED) is 0.351. The van der Waals surface area contributed by atoms with Crippen LogP contribution in [0.4, 0.5) is 0 Å². The third-order valence-corrected chi connectivity index (χ3v) is 5.42. The highest BCUT2D eigenvalue weighted by Crippen LogP contribution is 2.33. The smallest absolute Gasteiger partial charge is 0.258 e. The van der Waals surface area contributed by atoms with E-state index in [9.17, 15) is 4.79 Å². The van der Waals surface area contributed by atoms with E-state index in [2.05, 4.69) is 15.0 Å². The largest absolute Gasteiger partial charge is 0.451 e. The first-order chi connectivity index (χ1) is 13.2. The summed E-state index contributed by atoms with van der Waals surface area (Å²) in [7, 11) is 0. The number of aromatic nitrogens is 4. The Labute approximate surface area is 157 Å². The van der Waals surface area contributed by atoms with E-state index in [4.69, 9.17) is 4.42 Å². The highest BCUT2D eigenvalue weighted by Gasteiger charge is 2.14.